The molecule has 2 aromatic rings. The van der Waals surface area contributed by atoms with Crippen LogP contribution in [-0.2, 0) is 20.7 Å². The van der Waals surface area contributed by atoms with Crippen LogP contribution in [0.4, 0.5) is 9.59 Å². The predicted octanol–water partition coefficient (Wildman–Crippen LogP) is 4.75. The van der Waals surface area contributed by atoms with Crippen LogP contribution < -0.4 is 10.6 Å². The number of hydrogen-bond acceptors (Lipinski definition) is 5. The van der Waals surface area contributed by atoms with E-state index < -0.39 is 5.60 Å². The summed E-state index contributed by atoms with van der Waals surface area (Å²) >= 11 is 0. The molecule has 0 spiro atoms. The number of carbonyl (C=O) groups is 3. The zero-order valence-electron chi connectivity index (χ0n) is 25.6. The van der Waals surface area contributed by atoms with Crippen LogP contribution in [0.2, 0.25) is 0 Å². The molecule has 2 atom stereocenters. The van der Waals surface area contributed by atoms with E-state index in [1.165, 1.54) is 27.8 Å². The molecule has 3 aliphatic rings. The van der Waals surface area contributed by atoms with E-state index in [4.69, 9.17) is 9.47 Å². The van der Waals surface area contributed by atoms with Crippen molar-refractivity contribution in [2.45, 2.75) is 70.6 Å². The van der Waals surface area contributed by atoms with Crippen molar-refractivity contribution >= 4 is 23.6 Å². The van der Waals surface area contributed by atoms with Crippen molar-refractivity contribution in [1.82, 2.24) is 20.4 Å². The van der Waals surface area contributed by atoms with Gasteiger partial charge in [-0.2, -0.15) is 0 Å². The van der Waals surface area contributed by atoms with Gasteiger partial charge in [-0.15, -0.1) is 0 Å². The third-order valence-corrected chi connectivity index (χ3v) is 8.20. The highest BCUT2D eigenvalue weighted by molar-refractivity contribution is 5.83. The molecule has 0 bridgehead atoms. The molecule has 0 unspecified atom stereocenters. The molecule has 3 fully saturated rings. The largest absolute Gasteiger partial charge is 0.444 e. The van der Waals surface area contributed by atoms with E-state index in [-0.39, 0.29) is 36.8 Å². The minimum absolute atomic E-state index is 0.00800. The smallest absolute Gasteiger partial charge is 0.407 e. The van der Waals surface area contributed by atoms with E-state index in [9.17, 15) is 14.4 Å². The standard InChI is InChI=1S/C34H44N4O5/c1-34(2,3)43-32(40)35-18-7-8-24-11-13-26(14-12-24)31(25-9-5-4-6-10-25)27-15-19-37(20-16-27)33(41)38-21-17-29-28(22-38)36-30(39)23-42-29/h4-6,9-14,28-29H,7-8,15-23H2,1-3H3,(H,35,40)(H,36,39)/t28-,29+/m1/s1. The molecule has 2 aromatic carbocycles. The van der Waals surface area contributed by atoms with Crippen molar-refractivity contribution in [2.75, 3.05) is 39.3 Å². The first-order valence-corrected chi connectivity index (χ1v) is 15.4. The number of alkyl carbamates (subject to hydrolysis) is 1. The van der Waals surface area contributed by atoms with Crippen molar-refractivity contribution in [1.29, 1.82) is 0 Å². The van der Waals surface area contributed by atoms with E-state index in [1.807, 2.05) is 36.6 Å². The molecule has 0 radical (unpaired) electrons. The Labute approximate surface area is 254 Å². The molecule has 3 heterocycles. The lowest BCUT2D eigenvalue weighted by Crippen LogP contribution is -2.62. The Morgan fingerprint density at radius 1 is 0.977 bits per heavy atom. The number of likely N-dealkylation sites (tertiary alicyclic amines) is 2. The fraction of sp³-hybridized carbons (Fsp3) is 0.500. The van der Waals surface area contributed by atoms with Crippen LogP contribution >= 0.6 is 0 Å². The van der Waals surface area contributed by atoms with Gasteiger partial charge < -0.3 is 29.9 Å². The number of fused-ring (bicyclic) bond motifs is 1. The third kappa shape index (κ3) is 8.16. The number of aryl methyl sites for hydroxylation is 1. The van der Waals surface area contributed by atoms with Crippen molar-refractivity contribution in [2.24, 2.45) is 0 Å². The van der Waals surface area contributed by atoms with Gasteiger partial charge in [0.1, 0.15) is 12.2 Å². The lowest BCUT2D eigenvalue weighted by atomic mass is 9.88. The lowest BCUT2D eigenvalue weighted by molar-refractivity contribution is -0.139. The monoisotopic (exact) mass is 588 g/mol. The van der Waals surface area contributed by atoms with Crippen LogP contribution in [0.15, 0.2) is 60.2 Å². The van der Waals surface area contributed by atoms with Crippen molar-refractivity contribution in [3.05, 3.63) is 76.9 Å². The molecule has 9 heteroatoms. The van der Waals surface area contributed by atoms with E-state index >= 15 is 0 Å². The first-order chi connectivity index (χ1) is 20.7. The van der Waals surface area contributed by atoms with Gasteiger partial charge in [0.15, 0.2) is 0 Å². The number of benzene rings is 2. The van der Waals surface area contributed by atoms with Gasteiger partial charge in [-0.25, -0.2) is 9.59 Å². The molecule has 5 rings (SSSR count). The Kier molecular flexibility index (Phi) is 9.70. The molecule has 0 saturated carbocycles. The first-order valence-electron chi connectivity index (χ1n) is 15.4. The number of ether oxygens (including phenoxy) is 2. The van der Waals surface area contributed by atoms with Crippen molar-refractivity contribution < 1.29 is 23.9 Å². The Hall–Kier alpha value is -3.85. The molecule has 2 N–H and O–H groups in total. The van der Waals surface area contributed by atoms with Crippen LogP contribution in [0.3, 0.4) is 0 Å². The van der Waals surface area contributed by atoms with Crippen LogP contribution in [0.5, 0.6) is 0 Å². The van der Waals surface area contributed by atoms with Gasteiger partial charge >= 0.3 is 12.1 Å². The maximum Gasteiger partial charge on any atom is 0.407 e. The number of piperidine rings is 2. The Morgan fingerprint density at radius 3 is 2.37 bits per heavy atom. The summed E-state index contributed by atoms with van der Waals surface area (Å²) < 4.78 is 11.0. The summed E-state index contributed by atoms with van der Waals surface area (Å²) in [7, 11) is 0. The molecule has 9 nitrogen and oxygen atoms in total. The van der Waals surface area contributed by atoms with Crippen molar-refractivity contribution in [3.8, 4) is 0 Å². The van der Waals surface area contributed by atoms with Crippen molar-refractivity contribution in [3.63, 3.8) is 0 Å². The van der Waals surface area contributed by atoms with Gasteiger partial charge in [-0.05, 0) is 75.1 Å². The second-order valence-electron chi connectivity index (χ2n) is 12.6. The number of urea groups is 1. The zero-order chi connectivity index (χ0) is 30.4. The summed E-state index contributed by atoms with van der Waals surface area (Å²) in [4.78, 5) is 40.9. The van der Waals surface area contributed by atoms with Gasteiger partial charge in [-0.1, -0.05) is 60.2 Å². The summed E-state index contributed by atoms with van der Waals surface area (Å²) in [5.74, 6) is -0.111. The second-order valence-corrected chi connectivity index (χ2v) is 12.6. The number of hydrogen-bond donors (Lipinski definition) is 2. The molecule has 0 aromatic heterocycles. The van der Waals surface area contributed by atoms with E-state index in [0.29, 0.717) is 32.7 Å². The minimum Gasteiger partial charge on any atom is -0.444 e. The minimum atomic E-state index is -0.501. The van der Waals surface area contributed by atoms with Crippen LogP contribution in [-0.4, -0.2) is 84.9 Å². The fourth-order valence-electron chi connectivity index (χ4n) is 6.11. The number of nitrogens with zero attached hydrogens (tertiary/aromatic N) is 2. The summed E-state index contributed by atoms with van der Waals surface area (Å²) in [5.41, 5.74) is 5.67. The summed E-state index contributed by atoms with van der Waals surface area (Å²) in [6.07, 6.45) is 3.66. The average molecular weight is 589 g/mol. The summed E-state index contributed by atoms with van der Waals surface area (Å²) in [6, 6.07) is 19.1. The molecular formula is C34H44N4O5. The van der Waals surface area contributed by atoms with Gasteiger partial charge in [-0.3, -0.25) is 4.79 Å². The topological polar surface area (TPSA) is 100 Å². The second kappa shape index (κ2) is 13.6. The molecule has 0 aliphatic carbocycles. The maximum atomic E-state index is 13.4. The number of morpholine rings is 1. The normalized spacial score (nSPS) is 20.6. The highest BCUT2D eigenvalue weighted by Crippen LogP contribution is 2.33. The van der Waals surface area contributed by atoms with Gasteiger partial charge in [0.05, 0.1) is 12.1 Å². The van der Waals surface area contributed by atoms with Gasteiger partial charge in [0, 0.05) is 32.7 Å². The zero-order valence-corrected chi connectivity index (χ0v) is 25.6. The quantitative estimate of drug-likeness (QED) is 0.475. The number of carbonyl (C=O) groups excluding carboxylic acids is 3. The van der Waals surface area contributed by atoms with Gasteiger partial charge in [0.25, 0.3) is 0 Å². The molecule has 4 amide bonds. The van der Waals surface area contributed by atoms with E-state index in [0.717, 1.165) is 32.1 Å². The molecular weight excluding hydrogens is 544 g/mol. The molecule has 43 heavy (non-hydrogen) atoms. The number of rotatable bonds is 6. The highest BCUT2D eigenvalue weighted by atomic mass is 16.6. The molecule has 3 saturated heterocycles. The maximum absolute atomic E-state index is 13.4. The Balaban J connectivity index is 1.21. The van der Waals surface area contributed by atoms with E-state index in [1.54, 1.807) is 0 Å². The van der Waals surface area contributed by atoms with Crippen LogP contribution in [0.1, 0.15) is 63.1 Å². The predicted molar refractivity (Wildman–Crippen MR) is 166 cm³/mol. The Morgan fingerprint density at radius 2 is 1.67 bits per heavy atom. The highest BCUT2D eigenvalue weighted by Gasteiger charge is 2.37. The van der Waals surface area contributed by atoms with Gasteiger partial charge in [0.2, 0.25) is 5.91 Å². The van der Waals surface area contributed by atoms with E-state index in [2.05, 4.69) is 59.2 Å². The molecule has 230 valence electrons. The molecule has 3 aliphatic heterocycles. The van der Waals surface area contributed by atoms with Crippen LogP contribution in [0.25, 0.3) is 5.57 Å². The average Bonchev–Trinajstić information content (AvgIpc) is 2.99. The number of nitrogens with one attached hydrogen (secondary N) is 2. The third-order valence-electron chi connectivity index (χ3n) is 8.20. The number of amides is 4. The Bertz CT molecular complexity index is 1310. The first kappa shape index (κ1) is 30.6. The summed E-state index contributed by atoms with van der Waals surface area (Å²) in [5, 5.41) is 5.82. The lowest BCUT2D eigenvalue weighted by Gasteiger charge is -2.43. The fourth-order valence-corrected chi connectivity index (χ4v) is 6.11. The SMILES string of the molecule is CC(C)(C)OC(=O)NCCCc1ccc(C(=C2CCN(C(=O)N3CC[C@@H]4OCC(=O)N[C@@H]4C3)CC2)c2ccccc2)cc1. The summed E-state index contributed by atoms with van der Waals surface area (Å²) in [6.45, 7) is 8.71. The van der Waals surface area contributed by atoms with Crippen LogP contribution in [0, 0.1) is 0 Å².